The minimum Gasteiger partial charge on any atom is -0.354 e. The van der Waals surface area contributed by atoms with Crippen LogP contribution in [0, 0.1) is 12.8 Å². The Labute approximate surface area is 129 Å². The molecule has 6 nitrogen and oxygen atoms in total. The van der Waals surface area contributed by atoms with E-state index in [9.17, 15) is 9.59 Å². The van der Waals surface area contributed by atoms with Crippen molar-refractivity contribution in [1.29, 1.82) is 0 Å². The lowest BCUT2D eigenvalue weighted by atomic mass is 10.2. The number of pyridine rings is 1. The maximum atomic E-state index is 12.2. The zero-order valence-electron chi connectivity index (χ0n) is 13.5. The highest BCUT2D eigenvalue weighted by atomic mass is 16.2. The number of hydrogen-bond acceptors (Lipinski definition) is 3. The standard InChI is InChI=1S/C16H22N4O2/c1-11(2)8-20-10-17-6-13(20)7-18-16(22)14-9-19(4)12(3)5-15(14)21/h5-6,9-11H,7-8H2,1-4H3,(H,18,22). The number of nitrogens with zero attached hydrogens (tertiary/aromatic N) is 3. The number of nitrogens with one attached hydrogen (secondary N) is 1. The maximum Gasteiger partial charge on any atom is 0.257 e. The summed E-state index contributed by atoms with van der Waals surface area (Å²) < 4.78 is 3.78. The summed E-state index contributed by atoms with van der Waals surface area (Å²) in [6.45, 7) is 7.27. The molecule has 2 aromatic rings. The molecule has 0 aromatic carbocycles. The molecule has 0 aliphatic heterocycles. The molecular weight excluding hydrogens is 280 g/mol. The van der Waals surface area contributed by atoms with Gasteiger partial charge >= 0.3 is 0 Å². The van der Waals surface area contributed by atoms with Crippen LogP contribution in [0.15, 0.2) is 29.6 Å². The molecule has 2 aromatic heterocycles. The van der Waals surface area contributed by atoms with E-state index >= 15 is 0 Å². The average Bonchev–Trinajstić information content (AvgIpc) is 2.86. The van der Waals surface area contributed by atoms with E-state index in [-0.39, 0.29) is 16.9 Å². The highest BCUT2D eigenvalue weighted by Gasteiger charge is 2.12. The van der Waals surface area contributed by atoms with Crippen molar-refractivity contribution in [3.63, 3.8) is 0 Å². The van der Waals surface area contributed by atoms with Crippen LogP contribution >= 0.6 is 0 Å². The van der Waals surface area contributed by atoms with E-state index in [4.69, 9.17) is 0 Å². The molecule has 0 aliphatic rings. The lowest BCUT2D eigenvalue weighted by Crippen LogP contribution is -2.30. The highest BCUT2D eigenvalue weighted by molar-refractivity contribution is 5.93. The number of imidazole rings is 1. The molecule has 0 atom stereocenters. The van der Waals surface area contributed by atoms with E-state index in [0.717, 1.165) is 17.9 Å². The van der Waals surface area contributed by atoms with E-state index in [1.807, 2.05) is 18.5 Å². The molecule has 6 heteroatoms. The topological polar surface area (TPSA) is 68.9 Å². The number of rotatable bonds is 5. The Morgan fingerprint density at radius 2 is 2.14 bits per heavy atom. The Balaban J connectivity index is 2.09. The van der Waals surface area contributed by atoms with Crippen molar-refractivity contribution in [3.05, 3.63) is 52.0 Å². The molecule has 0 fully saturated rings. The molecule has 1 N–H and O–H groups in total. The van der Waals surface area contributed by atoms with Crippen LogP contribution in [-0.4, -0.2) is 20.0 Å². The molecule has 1 amide bonds. The van der Waals surface area contributed by atoms with E-state index < -0.39 is 0 Å². The molecular formula is C16H22N4O2. The molecule has 2 rings (SSSR count). The Hall–Kier alpha value is -2.37. The summed E-state index contributed by atoms with van der Waals surface area (Å²) in [5.74, 6) is 0.131. The predicted octanol–water partition coefficient (Wildman–Crippen LogP) is 1.48. The average molecular weight is 302 g/mol. The number of amides is 1. The highest BCUT2D eigenvalue weighted by Crippen LogP contribution is 2.05. The third-order valence-electron chi connectivity index (χ3n) is 3.52. The molecule has 0 saturated heterocycles. The van der Waals surface area contributed by atoms with Gasteiger partial charge in [-0.15, -0.1) is 0 Å². The minimum atomic E-state index is -0.363. The van der Waals surface area contributed by atoms with Gasteiger partial charge in [0.25, 0.3) is 5.91 Å². The molecule has 0 aliphatic carbocycles. The normalized spacial score (nSPS) is 11.0. The Morgan fingerprint density at radius 3 is 2.82 bits per heavy atom. The Bertz CT molecular complexity index is 728. The van der Waals surface area contributed by atoms with E-state index in [1.54, 1.807) is 23.3 Å². The first kappa shape index (κ1) is 16.0. The summed E-state index contributed by atoms with van der Waals surface area (Å²) in [6.07, 6.45) is 5.06. The van der Waals surface area contributed by atoms with Crippen molar-refractivity contribution in [2.45, 2.75) is 33.9 Å². The van der Waals surface area contributed by atoms with Crippen LogP contribution in [0.25, 0.3) is 0 Å². The van der Waals surface area contributed by atoms with Gasteiger partial charge in [-0.1, -0.05) is 13.8 Å². The number of carbonyl (C=O) groups excluding carboxylic acids is 1. The van der Waals surface area contributed by atoms with Crippen molar-refractivity contribution >= 4 is 5.91 Å². The monoisotopic (exact) mass is 302 g/mol. The third kappa shape index (κ3) is 3.63. The zero-order valence-corrected chi connectivity index (χ0v) is 13.5. The van der Waals surface area contributed by atoms with Crippen LogP contribution < -0.4 is 10.7 Å². The fourth-order valence-corrected chi connectivity index (χ4v) is 2.22. The fourth-order valence-electron chi connectivity index (χ4n) is 2.22. The van der Waals surface area contributed by atoms with Gasteiger partial charge in [-0.2, -0.15) is 0 Å². The molecule has 2 heterocycles. The van der Waals surface area contributed by atoms with E-state index in [2.05, 4.69) is 24.1 Å². The summed E-state index contributed by atoms with van der Waals surface area (Å²) in [4.78, 5) is 28.2. The third-order valence-corrected chi connectivity index (χ3v) is 3.52. The molecule has 0 bridgehead atoms. The maximum absolute atomic E-state index is 12.2. The lowest BCUT2D eigenvalue weighted by Gasteiger charge is -2.12. The molecule has 0 radical (unpaired) electrons. The van der Waals surface area contributed by atoms with Crippen LogP contribution in [0.5, 0.6) is 0 Å². The van der Waals surface area contributed by atoms with E-state index in [1.165, 1.54) is 6.07 Å². The molecule has 0 saturated carbocycles. The van der Waals surface area contributed by atoms with Crippen LogP contribution in [-0.2, 0) is 20.1 Å². The SMILES string of the molecule is Cc1cc(=O)c(C(=O)NCc2cncn2CC(C)C)cn1C. The number of aromatic nitrogens is 3. The summed E-state index contributed by atoms with van der Waals surface area (Å²) in [6, 6.07) is 1.47. The lowest BCUT2D eigenvalue weighted by molar-refractivity contribution is 0.0948. The van der Waals surface area contributed by atoms with Crippen LogP contribution in [0.2, 0.25) is 0 Å². The first-order chi connectivity index (χ1) is 10.4. The Morgan fingerprint density at radius 1 is 1.41 bits per heavy atom. The quantitative estimate of drug-likeness (QED) is 0.909. The van der Waals surface area contributed by atoms with Crippen molar-refractivity contribution in [1.82, 2.24) is 19.4 Å². The van der Waals surface area contributed by atoms with Gasteiger partial charge in [0.15, 0.2) is 5.43 Å². The number of hydrogen-bond donors (Lipinski definition) is 1. The number of carbonyl (C=O) groups is 1. The first-order valence-electron chi connectivity index (χ1n) is 7.33. The second-order valence-corrected chi connectivity index (χ2v) is 5.92. The smallest absolute Gasteiger partial charge is 0.257 e. The second kappa shape index (κ2) is 6.60. The van der Waals surface area contributed by atoms with Gasteiger partial charge in [0.2, 0.25) is 0 Å². The summed E-state index contributed by atoms with van der Waals surface area (Å²) >= 11 is 0. The molecule has 22 heavy (non-hydrogen) atoms. The number of aryl methyl sites for hydroxylation is 2. The second-order valence-electron chi connectivity index (χ2n) is 5.92. The van der Waals surface area contributed by atoms with Gasteiger partial charge in [-0.25, -0.2) is 4.98 Å². The van der Waals surface area contributed by atoms with Gasteiger partial charge in [-0.05, 0) is 12.8 Å². The summed E-state index contributed by atoms with van der Waals surface area (Å²) in [7, 11) is 1.81. The van der Waals surface area contributed by atoms with Crippen LogP contribution in [0.3, 0.4) is 0 Å². The van der Waals surface area contributed by atoms with Crippen molar-refractivity contribution in [2.24, 2.45) is 13.0 Å². The summed E-state index contributed by atoms with van der Waals surface area (Å²) in [5, 5.41) is 2.79. The summed E-state index contributed by atoms with van der Waals surface area (Å²) in [5.41, 5.74) is 1.63. The van der Waals surface area contributed by atoms with Crippen LogP contribution in [0.4, 0.5) is 0 Å². The minimum absolute atomic E-state index is 0.156. The van der Waals surface area contributed by atoms with Crippen molar-refractivity contribution in [2.75, 3.05) is 0 Å². The molecule has 0 spiro atoms. The van der Waals surface area contributed by atoms with Gasteiger partial charge in [-0.3, -0.25) is 9.59 Å². The van der Waals surface area contributed by atoms with Crippen molar-refractivity contribution < 1.29 is 4.79 Å². The van der Waals surface area contributed by atoms with Crippen molar-refractivity contribution in [3.8, 4) is 0 Å². The van der Waals surface area contributed by atoms with Gasteiger partial charge < -0.3 is 14.5 Å². The van der Waals surface area contributed by atoms with E-state index in [0.29, 0.717) is 12.5 Å². The van der Waals surface area contributed by atoms with Gasteiger partial charge in [0.1, 0.15) is 5.56 Å². The first-order valence-corrected chi connectivity index (χ1v) is 7.33. The fraction of sp³-hybridized carbons (Fsp3) is 0.438. The molecule has 0 unspecified atom stereocenters. The zero-order chi connectivity index (χ0) is 16.3. The van der Waals surface area contributed by atoms with Gasteiger partial charge in [0, 0.05) is 37.7 Å². The van der Waals surface area contributed by atoms with Gasteiger partial charge in [0.05, 0.1) is 18.6 Å². The largest absolute Gasteiger partial charge is 0.354 e. The Kier molecular flexibility index (Phi) is 4.80. The molecule has 118 valence electrons. The van der Waals surface area contributed by atoms with Crippen LogP contribution in [0.1, 0.15) is 35.6 Å². The predicted molar refractivity (Wildman–Crippen MR) is 84.7 cm³/mol.